The molecule has 2 N–H and O–H groups in total. The fraction of sp³-hybridized carbons (Fsp3) is 0.818. The van der Waals surface area contributed by atoms with Crippen LogP contribution in [0.15, 0.2) is 4.52 Å². The molecule has 92 valence electrons. The van der Waals surface area contributed by atoms with Crippen molar-refractivity contribution in [2.45, 2.75) is 38.6 Å². The van der Waals surface area contributed by atoms with Crippen molar-refractivity contribution < 1.29 is 4.52 Å². The highest BCUT2D eigenvalue weighted by molar-refractivity contribution is 4.96. The smallest absolute Gasteiger partial charge is 0.231 e. The van der Waals surface area contributed by atoms with Gasteiger partial charge in [-0.3, -0.25) is 0 Å². The van der Waals surface area contributed by atoms with Crippen molar-refractivity contribution in [3.05, 3.63) is 11.7 Å². The molecule has 1 rings (SSSR count). The average molecular weight is 226 g/mol. The number of hydrogen-bond acceptors (Lipinski definition) is 5. The van der Waals surface area contributed by atoms with E-state index in [0.717, 1.165) is 25.2 Å². The van der Waals surface area contributed by atoms with Crippen LogP contribution in [0.4, 0.5) is 0 Å². The summed E-state index contributed by atoms with van der Waals surface area (Å²) >= 11 is 0. The zero-order valence-corrected chi connectivity index (χ0v) is 10.6. The second-order valence-corrected chi connectivity index (χ2v) is 4.46. The third-order valence-corrected chi connectivity index (χ3v) is 2.77. The Labute approximate surface area is 97.0 Å². The van der Waals surface area contributed by atoms with Gasteiger partial charge in [0, 0.05) is 19.0 Å². The Morgan fingerprint density at radius 3 is 2.69 bits per heavy atom. The summed E-state index contributed by atoms with van der Waals surface area (Å²) in [7, 11) is 4.05. The molecular weight excluding hydrogens is 204 g/mol. The van der Waals surface area contributed by atoms with E-state index in [2.05, 4.69) is 22.0 Å². The van der Waals surface area contributed by atoms with E-state index in [9.17, 15) is 0 Å². The summed E-state index contributed by atoms with van der Waals surface area (Å²) in [5, 5.41) is 3.96. The highest BCUT2D eigenvalue weighted by Crippen LogP contribution is 2.17. The normalized spacial score (nSPS) is 15.4. The first-order valence-corrected chi connectivity index (χ1v) is 5.77. The van der Waals surface area contributed by atoms with Crippen LogP contribution in [0.1, 0.15) is 37.9 Å². The third kappa shape index (κ3) is 3.57. The molecule has 0 bridgehead atoms. The number of likely N-dealkylation sites (N-methyl/N-ethyl adjacent to an activating group) is 1. The van der Waals surface area contributed by atoms with E-state index in [0.29, 0.717) is 5.89 Å². The van der Waals surface area contributed by atoms with Crippen molar-refractivity contribution in [2.24, 2.45) is 5.73 Å². The predicted molar refractivity (Wildman–Crippen MR) is 63.2 cm³/mol. The first kappa shape index (κ1) is 13.1. The summed E-state index contributed by atoms with van der Waals surface area (Å²) < 4.78 is 5.22. The molecule has 0 saturated heterocycles. The minimum atomic E-state index is 0.0853. The molecular formula is C11H22N4O. The molecule has 2 unspecified atom stereocenters. The second kappa shape index (κ2) is 5.96. The molecule has 5 nitrogen and oxygen atoms in total. The van der Waals surface area contributed by atoms with Gasteiger partial charge in [-0.2, -0.15) is 4.98 Å². The van der Waals surface area contributed by atoms with Gasteiger partial charge in [0.15, 0.2) is 5.82 Å². The van der Waals surface area contributed by atoms with Gasteiger partial charge in [-0.15, -0.1) is 0 Å². The summed E-state index contributed by atoms with van der Waals surface area (Å²) in [6.45, 7) is 5.01. The average Bonchev–Trinajstić information content (AvgIpc) is 2.72. The lowest BCUT2D eigenvalue weighted by atomic mass is 10.0. The molecule has 0 fully saturated rings. The summed E-state index contributed by atoms with van der Waals surface area (Å²) in [6.07, 6.45) is 1.72. The molecule has 0 aliphatic heterocycles. The van der Waals surface area contributed by atoms with Crippen molar-refractivity contribution in [3.8, 4) is 0 Å². The summed E-state index contributed by atoms with van der Waals surface area (Å²) in [4.78, 5) is 6.46. The monoisotopic (exact) mass is 226 g/mol. The molecule has 0 aliphatic carbocycles. The van der Waals surface area contributed by atoms with Gasteiger partial charge in [0.1, 0.15) is 0 Å². The second-order valence-electron chi connectivity index (χ2n) is 4.46. The number of aromatic nitrogens is 2. The largest absolute Gasteiger partial charge is 0.339 e. The van der Waals surface area contributed by atoms with Gasteiger partial charge in [-0.1, -0.05) is 19.0 Å². The Bertz CT molecular complexity index is 311. The molecule has 1 aromatic rings. The van der Waals surface area contributed by atoms with Gasteiger partial charge in [-0.25, -0.2) is 0 Å². The maximum absolute atomic E-state index is 5.94. The predicted octanol–water partition coefficient (Wildman–Crippen LogP) is 1.01. The van der Waals surface area contributed by atoms with Gasteiger partial charge in [0.05, 0.1) is 5.92 Å². The molecule has 0 saturated carbocycles. The lowest BCUT2D eigenvalue weighted by Gasteiger charge is -2.13. The van der Waals surface area contributed by atoms with E-state index >= 15 is 0 Å². The topological polar surface area (TPSA) is 68.2 Å². The molecule has 5 heteroatoms. The molecule has 16 heavy (non-hydrogen) atoms. The van der Waals surface area contributed by atoms with Crippen LogP contribution in [0.5, 0.6) is 0 Å². The quantitative estimate of drug-likeness (QED) is 0.784. The van der Waals surface area contributed by atoms with E-state index < -0.39 is 0 Å². The number of rotatable bonds is 6. The molecule has 2 atom stereocenters. The molecule has 1 aromatic heterocycles. The Hall–Kier alpha value is -0.940. The van der Waals surface area contributed by atoms with Crippen LogP contribution < -0.4 is 5.73 Å². The molecule has 1 heterocycles. The lowest BCUT2D eigenvalue weighted by Crippen LogP contribution is -2.25. The van der Waals surface area contributed by atoms with Crippen molar-refractivity contribution in [2.75, 3.05) is 20.6 Å². The third-order valence-electron chi connectivity index (χ3n) is 2.77. The van der Waals surface area contributed by atoms with Crippen LogP contribution in [-0.4, -0.2) is 41.7 Å². The molecule has 0 aliphatic rings. The number of nitrogens with zero attached hydrogens (tertiary/aromatic N) is 3. The highest BCUT2D eigenvalue weighted by Gasteiger charge is 2.19. The standard InChI is InChI=1S/C11H22N4O/c1-5-9(12)8(2)11-13-10(14-16-11)6-7-15(3)4/h8-9H,5-7,12H2,1-4H3. The first-order chi connectivity index (χ1) is 7.54. The molecule has 0 radical (unpaired) electrons. The zero-order chi connectivity index (χ0) is 12.1. The van der Waals surface area contributed by atoms with E-state index in [4.69, 9.17) is 10.3 Å². The van der Waals surface area contributed by atoms with Crippen LogP contribution in [0.2, 0.25) is 0 Å². The maximum Gasteiger partial charge on any atom is 0.231 e. The minimum absolute atomic E-state index is 0.0853. The SMILES string of the molecule is CCC(N)C(C)c1nc(CCN(C)C)no1. The van der Waals surface area contributed by atoms with E-state index in [1.165, 1.54) is 0 Å². The molecule has 0 spiro atoms. The van der Waals surface area contributed by atoms with Crippen LogP contribution in [0.25, 0.3) is 0 Å². The first-order valence-electron chi connectivity index (χ1n) is 5.77. The fourth-order valence-electron chi connectivity index (χ4n) is 1.41. The van der Waals surface area contributed by atoms with Crippen molar-refractivity contribution in [1.29, 1.82) is 0 Å². The van der Waals surface area contributed by atoms with Crippen LogP contribution in [0, 0.1) is 0 Å². The van der Waals surface area contributed by atoms with Gasteiger partial charge < -0.3 is 15.2 Å². The molecule has 0 amide bonds. The number of hydrogen-bond donors (Lipinski definition) is 1. The highest BCUT2D eigenvalue weighted by atomic mass is 16.5. The van der Waals surface area contributed by atoms with Crippen LogP contribution in [0.3, 0.4) is 0 Å². The van der Waals surface area contributed by atoms with Gasteiger partial charge in [-0.05, 0) is 20.5 Å². The van der Waals surface area contributed by atoms with Crippen LogP contribution >= 0.6 is 0 Å². The summed E-state index contributed by atoms with van der Waals surface area (Å²) in [5.74, 6) is 1.55. The minimum Gasteiger partial charge on any atom is -0.339 e. The van der Waals surface area contributed by atoms with Gasteiger partial charge >= 0.3 is 0 Å². The van der Waals surface area contributed by atoms with Gasteiger partial charge in [0.25, 0.3) is 0 Å². The van der Waals surface area contributed by atoms with Crippen molar-refractivity contribution in [3.63, 3.8) is 0 Å². The Balaban J connectivity index is 2.57. The van der Waals surface area contributed by atoms with E-state index in [1.807, 2.05) is 21.0 Å². The number of nitrogens with two attached hydrogens (primary N) is 1. The fourth-order valence-corrected chi connectivity index (χ4v) is 1.41. The van der Waals surface area contributed by atoms with Crippen molar-refractivity contribution in [1.82, 2.24) is 15.0 Å². The van der Waals surface area contributed by atoms with Gasteiger partial charge in [0.2, 0.25) is 5.89 Å². The molecule has 0 aromatic carbocycles. The maximum atomic E-state index is 5.94. The van der Waals surface area contributed by atoms with E-state index in [-0.39, 0.29) is 12.0 Å². The Morgan fingerprint density at radius 1 is 1.44 bits per heavy atom. The lowest BCUT2D eigenvalue weighted by molar-refractivity contribution is 0.334. The Kier molecular flexibility index (Phi) is 4.89. The Morgan fingerprint density at radius 2 is 2.12 bits per heavy atom. The zero-order valence-electron chi connectivity index (χ0n) is 10.6. The van der Waals surface area contributed by atoms with Crippen LogP contribution in [-0.2, 0) is 6.42 Å². The van der Waals surface area contributed by atoms with Crippen molar-refractivity contribution >= 4 is 0 Å². The summed E-state index contributed by atoms with van der Waals surface area (Å²) in [6, 6.07) is 0.0853. The summed E-state index contributed by atoms with van der Waals surface area (Å²) in [5.41, 5.74) is 5.94. The van der Waals surface area contributed by atoms with E-state index in [1.54, 1.807) is 0 Å².